The van der Waals surface area contributed by atoms with Crippen LogP contribution in [0.3, 0.4) is 0 Å². The average Bonchev–Trinajstić information content (AvgIpc) is 1.49. The first-order chi connectivity index (χ1) is 65.9. The monoisotopic (exact) mass is 2080 g/mol. The molecule has 0 spiro atoms. The van der Waals surface area contributed by atoms with Crippen molar-refractivity contribution in [3.8, 4) is 82.8 Å². The van der Waals surface area contributed by atoms with Crippen LogP contribution in [0.15, 0.2) is 510 Å². The average molecular weight is 2080 g/mol. The molecule has 8 nitrogen and oxygen atoms in total. The molecular formula is C120H95BrN6O2P4PdSn. The normalized spacial score (nSPS) is 10.2. The molecule has 0 aliphatic rings. The number of nitriles is 2. The van der Waals surface area contributed by atoms with E-state index in [0.29, 0.717) is 22.0 Å². The van der Waals surface area contributed by atoms with E-state index in [0.717, 1.165) is 11.4 Å². The van der Waals surface area contributed by atoms with Crippen molar-refractivity contribution < 1.29 is 29.3 Å². The summed E-state index contributed by atoms with van der Waals surface area (Å²) in [4.78, 5) is 13.5. The second-order valence-electron chi connectivity index (χ2n) is 29.7. The van der Waals surface area contributed by atoms with Gasteiger partial charge in [0.15, 0.2) is 10.4 Å². The number of halogens is 1. The van der Waals surface area contributed by atoms with E-state index in [1.54, 1.807) is 34.9 Å². The molecule has 135 heavy (non-hydrogen) atoms. The van der Waals surface area contributed by atoms with Crippen LogP contribution < -0.4 is 67.4 Å². The van der Waals surface area contributed by atoms with Crippen molar-refractivity contribution in [2.75, 3.05) is 0 Å². The van der Waals surface area contributed by atoms with E-state index in [9.17, 15) is 0 Å². The van der Waals surface area contributed by atoms with Gasteiger partial charge in [-0.25, -0.2) is 20.2 Å². The van der Waals surface area contributed by atoms with Crippen molar-refractivity contribution in [3.05, 3.63) is 536 Å². The summed E-state index contributed by atoms with van der Waals surface area (Å²) in [5, 5.41) is 34.0. The Bertz CT molecular complexity index is 6170. The van der Waals surface area contributed by atoms with Gasteiger partial charge >= 0.3 is 95.8 Å². The van der Waals surface area contributed by atoms with E-state index in [1.165, 1.54) is 81.5 Å². The standard InChI is InChI=1S/C18H11N3O.4C18H15P.C10H8N.C9H4.C8H3BrN2O.3CH3.Pd.Sn/c1-20-14(13-19)12-16-9-10-18(22-16)17-8-5-11-21(17)15-6-3-2-4-7-15;4*1-4-10-16(11-5-1)19(17-12-6-2-7-13-17)18-14-8-3-9-15-18;1-2-6-10(7-3-1)11-8-4-5-9-11;1-3-5-7-9-8-6-4-2;1-11-6(5-10)4-7-2-3-8(9)12-7;;;;;/h2-12H;4*1-15H;1-8H;1H,2H3;2-4H;3*1H3;;/b14-12-;;;;;;;6-4-;;;;;. The smallest absolute Gasteiger partial charge is 0 e. The number of terminal acetylenes is 1. The molecule has 0 aliphatic carbocycles. The second kappa shape index (κ2) is 57.8. The van der Waals surface area contributed by atoms with Crippen LogP contribution >= 0.6 is 47.6 Å². The Hall–Kier alpha value is -14.5. The molecule has 15 heteroatoms. The van der Waals surface area contributed by atoms with Crippen LogP contribution in [-0.4, -0.2) is 27.5 Å². The van der Waals surface area contributed by atoms with Gasteiger partial charge in [-0.15, -0.1) is 6.42 Å². The number of hydrogen-bond acceptors (Lipinski definition) is 4. The van der Waals surface area contributed by atoms with E-state index in [2.05, 4.69) is 499 Å². The predicted octanol–water partition coefficient (Wildman–Crippen LogP) is 24.8. The van der Waals surface area contributed by atoms with Gasteiger partial charge in [-0.2, -0.15) is 0 Å². The van der Waals surface area contributed by atoms with Gasteiger partial charge in [0.1, 0.15) is 11.5 Å². The fourth-order valence-corrected chi connectivity index (χ4v) is 27.4. The molecule has 0 radical (unpaired) electrons. The number of hydrogen-bond donors (Lipinski definition) is 0. The largest absolute Gasteiger partial charge is 0.0622 e. The van der Waals surface area contributed by atoms with Gasteiger partial charge in [0.05, 0.1) is 31.0 Å². The number of furan rings is 2. The third-order valence-electron chi connectivity index (χ3n) is 19.5. The number of para-hydroxylation sites is 2. The Kier molecular flexibility index (Phi) is 43.9. The molecule has 4 heterocycles. The van der Waals surface area contributed by atoms with Gasteiger partial charge in [-0.1, -0.05) is 388 Å². The van der Waals surface area contributed by atoms with E-state index in [1.807, 2.05) is 65.4 Å². The van der Waals surface area contributed by atoms with Crippen molar-refractivity contribution in [1.82, 2.24) is 9.13 Å². The molecule has 0 N–H and O–H groups in total. The molecule has 658 valence electrons. The molecular weight excluding hydrogens is 1990 g/mol. The summed E-state index contributed by atoms with van der Waals surface area (Å²) in [5.74, 6) is 18.6. The summed E-state index contributed by atoms with van der Waals surface area (Å²) in [5.41, 5.74) is 3.24. The minimum absolute atomic E-state index is 0. The zero-order chi connectivity index (χ0) is 93.8. The third-order valence-corrected chi connectivity index (χ3v) is 35.2. The Balaban J connectivity index is 0.000000161. The number of allylic oxidation sites excluding steroid dienone is 2. The minimum atomic E-state index is -1.98. The van der Waals surface area contributed by atoms with Crippen LogP contribution in [0.5, 0.6) is 0 Å². The Morgan fingerprint density at radius 3 is 0.815 bits per heavy atom. The molecule has 0 saturated carbocycles. The molecule has 4 aromatic heterocycles. The molecule has 18 rings (SSSR count). The van der Waals surface area contributed by atoms with Crippen LogP contribution in [0.1, 0.15) is 18.4 Å². The Morgan fingerprint density at radius 2 is 0.563 bits per heavy atom. The summed E-state index contributed by atoms with van der Waals surface area (Å²) in [6, 6.07) is 169. The van der Waals surface area contributed by atoms with Crippen molar-refractivity contribution in [3.63, 3.8) is 0 Å². The van der Waals surface area contributed by atoms with Crippen molar-refractivity contribution in [2.24, 2.45) is 0 Å². The third kappa shape index (κ3) is 33.1. The van der Waals surface area contributed by atoms with Crippen LogP contribution in [-0.2, 0) is 20.4 Å². The number of rotatable bonds is 18. The van der Waals surface area contributed by atoms with Crippen molar-refractivity contribution >= 4 is 146 Å². The van der Waals surface area contributed by atoms with Gasteiger partial charge in [0, 0.05) is 32.3 Å². The maximum Gasteiger partial charge on any atom is 0 e. The van der Waals surface area contributed by atoms with Crippen LogP contribution in [0, 0.1) is 83.7 Å². The number of nitrogens with zero attached hydrogens (tertiary/aromatic N) is 6. The molecule has 0 fully saturated rings. The van der Waals surface area contributed by atoms with Gasteiger partial charge in [-0.05, 0) is 214 Å². The quantitative estimate of drug-likeness (QED) is 0.0281. The first kappa shape index (κ1) is 103. The topological polar surface area (TPSA) is 92.4 Å². The molecule has 0 aliphatic heterocycles. The maximum atomic E-state index is 8.79. The Morgan fingerprint density at radius 1 is 0.319 bits per heavy atom. The summed E-state index contributed by atoms with van der Waals surface area (Å²) in [7, 11) is -1.78. The molecule has 0 amide bonds. The molecule has 0 unspecified atom stereocenters. The molecule has 0 bridgehead atoms. The van der Waals surface area contributed by atoms with E-state index >= 15 is 0 Å². The van der Waals surface area contributed by atoms with Crippen LogP contribution in [0.25, 0.3) is 44.7 Å². The molecule has 18 aromatic rings. The number of benzene rings is 14. The molecule has 0 saturated heterocycles. The van der Waals surface area contributed by atoms with E-state index in [4.69, 9.17) is 38.9 Å². The fourth-order valence-electron chi connectivity index (χ4n) is 13.5. The van der Waals surface area contributed by atoms with Crippen molar-refractivity contribution in [1.29, 1.82) is 10.5 Å². The van der Waals surface area contributed by atoms with E-state index < -0.39 is 50.1 Å². The zero-order valence-corrected chi connectivity index (χ0v) is 84.5. The van der Waals surface area contributed by atoms with Crippen molar-refractivity contribution in [2.45, 2.75) is 21.7 Å². The van der Waals surface area contributed by atoms with Gasteiger partial charge in [0.2, 0.25) is 0 Å². The second-order valence-corrected chi connectivity index (χ2v) is 53.7. The van der Waals surface area contributed by atoms with Gasteiger partial charge in [0.25, 0.3) is 11.4 Å². The minimum Gasteiger partial charge on any atom is -0.0622 e. The zero-order valence-electron chi connectivity index (χ0n) is 74.9. The van der Waals surface area contributed by atoms with Gasteiger partial charge < -0.3 is 13.4 Å². The first-order valence-electron chi connectivity index (χ1n) is 42.9. The Labute approximate surface area is 827 Å². The SMILES string of the molecule is C#CC#CC#CC#CC.[C-]#[N+]/C(C#N)=C\c1ccc(-c2cccn2-c2ccccc2)o1.[C-]#[N+]/C(C#N)=C\c1ccc(Br)o1.[CH3][Sn]([CH3])([CH3])[c]1cccn1-c1ccccc1.[Pd].c1ccc(P(c2ccccc2)c2ccccc2)cc1.c1ccc(P(c2ccccc2)c2ccccc2)cc1.c1ccc(P(c2ccccc2)c2ccccc2)cc1.c1ccc(P(c2ccccc2)c2ccccc2)cc1. The summed E-state index contributed by atoms with van der Waals surface area (Å²) >= 11 is 1.13. The maximum absolute atomic E-state index is 8.79. The molecule has 0 atom stereocenters. The predicted molar refractivity (Wildman–Crippen MR) is 577 cm³/mol. The van der Waals surface area contributed by atoms with Gasteiger partial charge in [-0.3, -0.25) is 0 Å². The van der Waals surface area contributed by atoms with Crippen LogP contribution in [0.4, 0.5) is 0 Å². The molecule has 14 aromatic carbocycles. The summed E-state index contributed by atoms with van der Waals surface area (Å²) in [6.45, 7) is 15.2. The summed E-state index contributed by atoms with van der Waals surface area (Å²) < 4.78 is 17.3. The number of aromatic nitrogens is 2. The first-order valence-corrected chi connectivity index (χ1v) is 59.0. The van der Waals surface area contributed by atoms with E-state index in [-0.39, 0.29) is 31.8 Å². The van der Waals surface area contributed by atoms with Crippen LogP contribution in [0.2, 0.25) is 14.8 Å². The summed E-state index contributed by atoms with van der Waals surface area (Å²) in [6.07, 6.45) is 11.8. The fraction of sp³-hybridized carbons (Fsp3) is 0.0333.